The number of carbonyl (C=O) groups is 1. The molecule has 4 aromatic rings. The van der Waals surface area contributed by atoms with Crippen LogP contribution in [-0.2, 0) is 16.0 Å². The van der Waals surface area contributed by atoms with Crippen molar-refractivity contribution < 1.29 is 14.3 Å². The summed E-state index contributed by atoms with van der Waals surface area (Å²) in [4.78, 5) is 31.7. The molecule has 0 radical (unpaired) electrons. The molecule has 0 spiro atoms. The van der Waals surface area contributed by atoms with E-state index in [0.29, 0.717) is 36.3 Å². The molecule has 3 heterocycles. The third-order valence-electron chi connectivity index (χ3n) is 5.80. The molecule has 2 aromatic heterocycles. The number of para-hydroxylation sites is 1. The summed E-state index contributed by atoms with van der Waals surface area (Å²) in [5.41, 5.74) is 3.41. The van der Waals surface area contributed by atoms with Crippen LogP contribution in [0.5, 0.6) is 0 Å². The first-order valence-corrected chi connectivity index (χ1v) is 11.0. The van der Waals surface area contributed by atoms with E-state index in [1.54, 1.807) is 24.4 Å². The van der Waals surface area contributed by atoms with E-state index < -0.39 is 6.29 Å². The quantitative estimate of drug-likeness (QED) is 0.354. The van der Waals surface area contributed by atoms with Crippen molar-refractivity contribution in [2.24, 2.45) is 0 Å². The zero-order chi connectivity index (χ0) is 22.8. The highest BCUT2D eigenvalue weighted by Crippen LogP contribution is 2.27. The number of nitrogens with zero attached hydrogens (tertiary/aromatic N) is 2. The van der Waals surface area contributed by atoms with Crippen molar-refractivity contribution in [1.29, 1.82) is 0 Å². The number of hydrogen-bond acceptors (Lipinski definition) is 5. The monoisotopic (exact) mass is 438 g/mol. The van der Waals surface area contributed by atoms with Crippen molar-refractivity contribution in [3.8, 4) is 0 Å². The van der Waals surface area contributed by atoms with E-state index in [-0.39, 0.29) is 16.8 Å². The average Bonchev–Trinajstić information content (AvgIpc) is 2.86. The molecule has 1 fully saturated rings. The second-order valence-corrected chi connectivity index (χ2v) is 8.13. The van der Waals surface area contributed by atoms with Crippen molar-refractivity contribution >= 4 is 30.1 Å². The molecule has 0 N–H and O–H groups in total. The highest BCUT2D eigenvalue weighted by molar-refractivity contribution is 6.30. The van der Waals surface area contributed by atoms with E-state index in [1.165, 1.54) is 0 Å². The summed E-state index contributed by atoms with van der Waals surface area (Å²) in [5, 5.41) is 0.499. The van der Waals surface area contributed by atoms with Gasteiger partial charge in [0.25, 0.3) is 0 Å². The van der Waals surface area contributed by atoms with Gasteiger partial charge in [0.05, 0.1) is 36.5 Å². The molecule has 1 aliphatic heterocycles. The predicted octanol–water partition coefficient (Wildman–Crippen LogP) is 2.37. The minimum Gasteiger partial charge on any atom is -0.348 e. The van der Waals surface area contributed by atoms with Gasteiger partial charge in [-0.25, -0.2) is 0 Å². The lowest BCUT2D eigenvalue weighted by atomic mass is 9.97. The molecule has 5 rings (SSSR count). The molecule has 0 amide bonds. The first-order valence-electron chi connectivity index (χ1n) is 11.0. The van der Waals surface area contributed by atoms with Gasteiger partial charge in [-0.3, -0.25) is 14.6 Å². The molecule has 2 aromatic carbocycles. The Morgan fingerprint density at radius 1 is 0.970 bits per heavy atom. The van der Waals surface area contributed by atoms with Crippen LogP contribution in [0, 0.1) is 0 Å². The predicted molar refractivity (Wildman–Crippen MR) is 129 cm³/mol. The second-order valence-electron chi connectivity index (χ2n) is 8.13. The molecule has 0 bridgehead atoms. The van der Waals surface area contributed by atoms with E-state index in [0.717, 1.165) is 23.2 Å². The molecule has 0 aliphatic carbocycles. The van der Waals surface area contributed by atoms with Crippen LogP contribution in [0.25, 0.3) is 10.9 Å². The first-order chi connectivity index (χ1) is 16.1. The smallest absolute Gasteiger partial charge is 0.200 e. The number of ether oxygens (including phenoxy) is 2. The number of fused-ring (bicyclic) bond motifs is 1. The van der Waals surface area contributed by atoms with Crippen molar-refractivity contribution in [2.45, 2.75) is 19.3 Å². The summed E-state index contributed by atoms with van der Waals surface area (Å²) >= 11 is 0. The number of benzene rings is 2. The topological polar surface area (TPSA) is 70.4 Å². The van der Waals surface area contributed by atoms with Crippen molar-refractivity contribution in [1.82, 2.24) is 9.55 Å². The molecule has 6 nitrogen and oxygen atoms in total. The average molecular weight is 438 g/mol. The SMILES string of the molecule is Bc1cccc(Cn2cc(C(=O)c3ccccc3C3OCCCO3)c(=O)c3ccccc32)n1. The van der Waals surface area contributed by atoms with Crippen LogP contribution < -0.4 is 11.0 Å². The molecule has 7 heteroatoms. The molecule has 164 valence electrons. The lowest BCUT2D eigenvalue weighted by Crippen LogP contribution is -2.24. The van der Waals surface area contributed by atoms with Gasteiger partial charge in [-0.1, -0.05) is 48.5 Å². The van der Waals surface area contributed by atoms with Crippen LogP contribution in [0.1, 0.15) is 39.9 Å². The van der Waals surface area contributed by atoms with Crippen LogP contribution in [-0.4, -0.2) is 36.4 Å². The molecule has 1 aliphatic rings. The fourth-order valence-electron chi connectivity index (χ4n) is 4.22. The van der Waals surface area contributed by atoms with Gasteiger partial charge in [0, 0.05) is 22.7 Å². The number of pyridine rings is 2. The molecule has 0 atom stereocenters. The van der Waals surface area contributed by atoms with Crippen LogP contribution in [0.4, 0.5) is 0 Å². The Morgan fingerprint density at radius 2 is 1.73 bits per heavy atom. The maximum absolute atomic E-state index is 13.7. The fraction of sp³-hybridized carbons (Fsp3) is 0.192. The largest absolute Gasteiger partial charge is 0.348 e. The molecule has 33 heavy (non-hydrogen) atoms. The Balaban J connectivity index is 1.62. The standard InChI is InChI=1S/C26H23BN2O4/c27-23-12-5-7-17(28-23)15-29-16-21(25(31)20-10-3-4-11-22(20)29)24(30)18-8-1-2-9-19(18)26-32-13-6-14-33-26/h1-5,7-12,16,26H,6,13-15,27H2. The van der Waals surface area contributed by atoms with Gasteiger partial charge in [0.15, 0.2) is 19.9 Å². The Labute approximate surface area is 192 Å². The molecular weight excluding hydrogens is 415 g/mol. The summed E-state index contributed by atoms with van der Waals surface area (Å²) in [6, 6.07) is 20.3. The van der Waals surface area contributed by atoms with Crippen molar-refractivity contribution in [3.63, 3.8) is 0 Å². The minimum absolute atomic E-state index is 0.115. The first kappa shape index (κ1) is 21.3. The summed E-state index contributed by atoms with van der Waals surface area (Å²) in [6.45, 7) is 1.58. The normalized spacial score (nSPS) is 14.4. The minimum atomic E-state index is -0.613. The maximum atomic E-state index is 13.7. The van der Waals surface area contributed by atoms with Gasteiger partial charge in [-0.2, -0.15) is 0 Å². The number of aromatic nitrogens is 2. The van der Waals surface area contributed by atoms with E-state index >= 15 is 0 Å². The van der Waals surface area contributed by atoms with Gasteiger partial charge in [0.1, 0.15) is 0 Å². The van der Waals surface area contributed by atoms with Crippen LogP contribution >= 0.6 is 0 Å². The van der Waals surface area contributed by atoms with E-state index in [1.807, 2.05) is 60.9 Å². The Kier molecular flexibility index (Phi) is 5.90. The zero-order valence-corrected chi connectivity index (χ0v) is 18.4. The summed E-state index contributed by atoms with van der Waals surface area (Å²) < 4.78 is 13.4. The summed E-state index contributed by atoms with van der Waals surface area (Å²) in [7, 11) is 1.94. The lowest BCUT2D eigenvalue weighted by molar-refractivity contribution is -0.183. The Bertz CT molecular complexity index is 1390. The molecule has 0 unspecified atom stereocenters. The summed E-state index contributed by atoms with van der Waals surface area (Å²) in [6.07, 6.45) is 1.85. The van der Waals surface area contributed by atoms with E-state index in [4.69, 9.17) is 9.47 Å². The van der Waals surface area contributed by atoms with Gasteiger partial charge < -0.3 is 14.0 Å². The maximum Gasteiger partial charge on any atom is 0.200 e. The highest BCUT2D eigenvalue weighted by atomic mass is 16.7. The van der Waals surface area contributed by atoms with E-state index in [2.05, 4.69) is 4.98 Å². The fourth-order valence-corrected chi connectivity index (χ4v) is 4.22. The zero-order valence-electron chi connectivity index (χ0n) is 18.4. The third kappa shape index (κ3) is 4.25. The lowest BCUT2D eigenvalue weighted by Gasteiger charge is -2.25. The Morgan fingerprint density at radius 3 is 2.55 bits per heavy atom. The van der Waals surface area contributed by atoms with Gasteiger partial charge >= 0.3 is 0 Å². The van der Waals surface area contributed by atoms with Gasteiger partial charge in [-0.05, 0) is 30.2 Å². The Hall–Kier alpha value is -3.55. The molecule has 0 saturated carbocycles. The molecule has 1 saturated heterocycles. The number of hydrogen-bond donors (Lipinski definition) is 0. The summed E-state index contributed by atoms with van der Waals surface area (Å²) in [5.74, 6) is -0.343. The third-order valence-corrected chi connectivity index (χ3v) is 5.80. The van der Waals surface area contributed by atoms with Gasteiger partial charge in [-0.15, -0.1) is 0 Å². The van der Waals surface area contributed by atoms with E-state index in [9.17, 15) is 9.59 Å². The highest BCUT2D eigenvalue weighted by Gasteiger charge is 2.25. The van der Waals surface area contributed by atoms with Crippen LogP contribution in [0.15, 0.2) is 77.7 Å². The number of carbonyl (C=O) groups excluding carboxylic acids is 1. The van der Waals surface area contributed by atoms with Crippen LogP contribution in [0.2, 0.25) is 0 Å². The number of ketones is 1. The second kappa shape index (κ2) is 9.14. The number of rotatable bonds is 5. The van der Waals surface area contributed by atoms with Gasteiger partial charge in [0.2, 0.25) is 5.43 Å². The van der Waals surface area contributed by atoms with Crippen molar-refractivity contribution in [2.75, 3.05) is 13.2 Å². The van der Waals surface area contributed by atoms with Crippen molar-refractivity contribution in [3.05, 3.63) is 106 Å². The van der Waals surface area contributed by atoms with Crippen LogP contribution in [0.3, 0.4) is 0 Å². The molecular formula is C26H23BN2O4.